The first kappa shape index (κ1) is 12.6. The van der Waals surface area contributed by atoms with E-state index in [0.717, 1.165) is 6.07 Å². The van der Waals surface area contributed by atoms with Gasteiger partial charge in [-0.15, -0.1) is 0 Å². The van der Waals surface area contributed by atoms with Crippen molar-refractivity contribution < 1.29 is 18.7 Å². The molecule has 2 N–H and O–H groups in total. The summed E-state index contributed by atoms with van der Waals surface area (Å²) in [5, 5.41) is 11.2. The zero-order valence-corrected chi connectivity index (χ0v) is 8.67. The standard InChI is InChI=1S/C11H13F2NO2/c12-9-5-8(6-10(13)7-9)1-3-14-4-2-11(15)16/h5-7,14H,1-4H2,(H,15,16). The fourth-order valence-electron chi connectivity index (χ4n) is 1.31. The predicted molar refractivity (Wildman–Crippen MR) is 55.2 cm³/mol. The van der Waals surface area contributed by atoms with E-state index >= 15 is 0 Å². The van der Waals surface area contributed by atoms with Crippen LogP contribution < -0.4 is 5.32 Å². The largest absolute Gasteiger partial charge is 0.481 e. The smallest absolute Gasteiger partial charge is 0.304 e. The van der Waals surface area contributed by atoms with E-state index in [4.69, 9.17) is 5.11 Å². The Bertz CT molecular complexity index is 349. The molecular formula is C11H13F2NO2. The summed E-state index contributed by atoms with van der Waals surface area (Å²) in [6.45, 7) is 0.851. The zero-order valence-electron chi connectivity index (χ0n) is 8.67. The van der Waals surface area contributed by atoms with E-state index in [1.807, 2.05) is 0 Å². The first-order valence-electron chi connectivity index (χ1n) is 4.95. The molecule has 0 unspecified atom stereocenters. The topological polar surface area (TPSA) is 49.3 Å². The SMILES string of the molecule is O=C(O)CCNCCc1cc(F)cc(F)c1. The molecule has 0 saturated carbocycles. The number of nitrogens with one attached hydrogen (secondary N) is 1. The summed E-state index contributed by atoms with van der Waals surface area (Å²) in [5.41, 5.74) is 0.556. The van der Waals surface area contributed by atoms with Crippen molar-refractivity contribution in [2.24, 2.45) is 0 Å². The number of carboxylic acid groups (broad SMARTS) is 1. The van der Waals surface area contributed by atoms with E-state index in [2.05, 4.69) is 5.32 Å². The number of carboxylic acids is 1. The lowest BCUT2D eigenvalue weighted by molar-refractivity contribution is -0.136. The molecule has 1 aromatic carbocycles. The molecule has 0 fully saturated rings. The van der Waals surface area contributed by atoms with Crippen LogP contribution in [0.4, 0.5) is 8.78 Å². The van der Waals surface area contributed by atoms with E-state index < -0.39 is 17.6 Å². The Morgan fingerprint density at radius 2 is 1.81 bits per heavy atom. The Balaban J connectivity index is 2.29. The third kappa shape index (κ3) is 4.84. The molecule has 3 nitrogen and oxygen atoms in total. The Morgan fingerprint density at radius 1 is 1.19 bits per heavy atom. The van der Waals surface area contributed by atoms with Crippen molar-refractivity contribution in [3.05, 3.63) is 35.4 Å². The highest BCUT2D eigenvalue weighted by Crippen LogP contribution is 2.07. The second-order valence-electron chi connectivity index (χ2n) is 3.42. The maximum Gasteiger partial charge on any atom is 0.304 e. The molecule has 0 aliphatic carbocycles. The van der Waals surface area contributed by atoms with Crippen LogP contribution in [0.15, 0.2) is 18.2 Å². The third-order valence-corrected chi connectivity index (χ3v) is 2.03. The Hall–Kier alpha value is -1.49. The van der Waals surface area contributed by atoms with E-state index in [0.29, 0.717) is 25.1 Å². The summed E-state index contributed by atoms with van der Waals surface area (Å²) in [6.07, 6.45) is 0.506. The van der Waals surface area contributed by atoms with Crippen LogP contribution >= 0.6 is 0 Å². The highest BCUT2D eigenvalue weighted by molar-refractivity contribution is 5.66. The second kappa shape index (κ2) is 6.17. The van der Waals surface area contributed by atoms with Crippen LogP contribution in [0.1, 0.15) is 12.0 Å². The average Bonchev–Trinajstić information content (AvgIpc) is 2.15. The minimum Gasteiger partial charge on any atom is -0.481 e. The van der Waals surface area contributed by atoms with E-state index in [9.17, 15) is 13.6 Å². The molecule has 16 heavy (non-hydrogen) atoms. The van der Waals surface area contributed by atoms with Crippen molar-refractivity contribution in [3.8, 4) is 0 Å². The number of benzene rings is 1. The van der Waals surface area contributed by atoms with Crippen molar-refractivity contribution in [2.75, 3.05) is 13.1 Å². The molecule has 5 heteroatoms. The molecule has 0 spiro atoms. The lowest BCUT2D eigenvalue weighted by atomic mass is 10.1. The Kier molecular flexibility index (Phi) is 4.85. The molecule has 1 aromatic rings. The van der Waals surface area contributed by atoms with Gasteiger partial charge in [0, 0.05) is 12.6 Å². The van der Waals surface area contributed by atoms with Gasteiger partial charge in [0.25, 0.3) is 0 Å². The fraction of sp³-hybridized carbons (Fsp3) is 0.364. The highest BCUT2D eigenvalue weighted by Gasteiger charge is 2.00. The summed E-state index contributed by atoms with van der Waals surface area (Å²) < 4.78 is 25.5. The summed E-state index contributed by atoms with van der Waals surface area (Å²) in [7, 11) is 0. The molecular weight excluding hydrogens is 216 g/mol. The van der Waals surface area contributed by atoms with Gasteiger partial charge in [-0.3, -0.25) is 4.79 Å². The maximum absolute atomic E-state index is 12.8. The van der Waals surface area contributed by atoms with Gasteiger partial charge in [0.15, 0.2) is 0 Å². The van der Waals surface area contributed by atoms with Crippen LogP contribution in [0, 0.1) is 11.6 Å². The summed E-state index contributed by atoms with van der Waals surface area (Å²) in [4.78, 5) is 10.2. The van der Waals surface area contributed by atoms with Crippen molar-refractivity contribution in [1.29, 1.82) is 0 Å². The first-order valence-corrected chi connectivity index (χ1v) is 4.95. The lowest BCUT2D eigenvalue weighted by Gasteiger charge is -2.03. The van der Waals surface area contributed by atoms with Crippen LogP contribution in [-0.2, 0) is 11.2 Å². The van der Waals surface area contributed by atoms with Gasteiger partial charge in [0.1, 0.15) is 11.6 Å². The number of hydrogen-bond acceptors (Lipinski definition) is 2. The number of halogens is 2. The van der Waals surface area contributed by atoms with Gasteiger partial charge in [-0.2, -0.15) is 0 Å². The van der Waals surface area contributed by atoms with Crippen LogP contribution in [-0.4, -0.2) is 24.2 Å². The van der Waals surface area contributed by atoms with Crippen LogP contribution in [0.25, 0.3) is 0 Å². The quantitative estimate of drug-likeness (QED) is 0.728. The van der Waals surface area contributed by atoms with Gasteiger partial charge >= 0.3 is 5.97 Å². The van der Waals surface area contributed by atoms with Gasteiger partial charge in [-0.1, -0.05) is 0 Å². The van der Waals surface area contributed by atoms with E-state index in [1.165, 1.54) is 12.1 Å². The number of hydrogen-bond donors (Lipinski definition) is 2. The number of aliphatic carboxylic acids is 1. The lowest BCUT2D eigenvalue weighted by Crippen LogP contribution is -2.20. The number of carbonyl (C=O) groups is 1. The molecule has 0 heterocycles. The van der Waals surface area contributed by atoms with Gasteiger partial charge < -0.3 is 10.4 Å². The molecule has 0 saturated heterocycles. The van der Waals surface area contributed by atoms with Gasteiger partial charge in [0.2, 0.25) is 0 Å². The van der Waals surface area contributed by atoms with Gasteiger partial charge in [-0.25, -0.2) is 8.78 Å². The summed E-state index contributed by atoms with van der Waals surface area (Å²) in [5.74, 6) is -2.06. The van der Waals surface area contributed by atoms with Crippen molar-refractivity contribution in [1.82, 2.24) is 5.32 Å². The van der Waals surface area contributed by atoms with Crippen molar-refractivity contribution in [2.45, 2.75) is 12.8 Å². The van der Waals surface area contributed by atoms with E-state index in [-0.39, 0.29) is 6.42 Å². The van der Waals surface area contributed by atoms with Crippen molar-refractivity contribution >= 4 is 5.97 Å². The van der Waals surface area contributed by atoms with Crippen molar-refractivity contribution in [3.63, 3.8) is 0 Å². The van der Waals surface area contributed by atoms with Gasteiger partial charge in [0.05, 0.1) is 6.42 Å². The normalized spacial score (nSPS) is 10.4. The second-order valence-corrected chi connectivity index (χ2v) is 3.42. The molecule has 0 amide bonds. The zero-order chi connectivity index (χ0) is 12.0. The summed E-state index contributed by atoms with van der Waals surface area (Å²) in [6, 6.07) is 3.35. The highest BCUT2D eigenvalue weighted by atomic mass is 19.1. The molecule has 0 aliphatic rings. The maximum atomic E-state index is 12.8. The molecule has 0 atom stereocenters. The Labute approximate surface area is 92.1 Å². The molecule has 0 aromatic heterocycles. The van der Waals surface area contributed by atoms with Crippen LogP contribution in [0.3, 0.4) is 0 Å². The van der Waals surface area contributed by atoms with Crippen LogP contribution in [0.2, 0.25) is 0 Å². The molecule has 88 valence electrons. The minimum atomic E-state index is -0.871. The molecule has 1 rings (SSSR count). The molecule has 0 aliphatic heterocycles. The first-order chi connectivity index (χ1) is 7.58. The fourth-order valence-corrected chi connectivity index (χ4v) is 1.31. The number of rotatable bonds is 6. The molecule has 0 radical (unpaired) electrons. The summed E-state index contributed by atoms with van der Waals surface area (Å²) >= 11 is 0. The minimum absolute atomic E-state index is 0.0392. The third-order valence-electron chi connectivity index (χ3n) is 2.03. The van der Waals surface area contributed by atoms with E-state index in [1.54, 1.807) is 0 Å². The monoisotopic (exact) mass is 229 g/mol. The molecule has 0 bridgehead atoms. The predicted octanol–water partition coefficient (Wildman–Crippen LogP) is 1.57. The van der Waals surface area contributed by atoms with Crippen LogP contribution in [0.5, 0.6) is 0 Å². The average molecular weight is 229 g/mol. The van der Waals surface area contributed by atoms with Gasteiger partial charge in [-0.05, 0) is 30.7 Å². The Morgan fingerprint density at radius 3 is 2.38 bits per heavy atom.